The molecule has 2 bridgehead atoms. The molecule has 0 spiro atoms. The van der Waals surface area contributed by atoms with Crippen molar-refractivity contribution in [2.75, 3.05) is 26.2 Å². The zero-order chi connectivity index (χ0) is 4.69. The Balaban J connectivity index is 0.000000320. The van der Waals surface area contributed by atoms with Crippen molar-refractivity contribution in [3.05, 3.63) is 0 Å². The van der Waals surface area contributed by atoms with Crippen LogP contribution in [0.5, 0.6) is 0 Å². The van der Waals surface area contributed by atoms with Crippen molar-refractivity contribution in [2.24, 2.45) is 0 Å². The van der Waals surface area contributed by atoms with Crippen molar-refractivity contribution in [1.82, 2.24) is 6.92 Å². The maximum atomic E-state index is 2.60. The standard InChI is InChI=1S/C4H8N2.H3P.Pt/c1-2-6-4-3-5-1;;/h1-4H2;1H3;/q-2;;+2. The molecule has 52 valence electrons. The number of piperazine rings is 1. The van der Waals surface area contributed by atoms with Crippen molar-refractivity contribution in [1.29, 1.82) is 0 Å². The van der Waals surface area contributed by atoms with Gasteiger partial charge in [0.2, 0.25) is 0 Å². The van der Waals surface area contributed by atoms with Crippen molar-refractivity contribution in [3.63, 3.8) is 0 Å². The zero-order valence-electron chi connectivity index (χ0n) is 4.75. The van der Waals surface area contributed by atoms with Gasteiger partial charge in [0.1, 0.15) is 0 Å². The summed E-state index contributed by atoms with van der Waals surface area (Å²) >= 11 is 0.386. The van der Waals surface area contributed by atoms with E-state index in [9.17, 15) is 0 Å². The molecule has 0 aromatic heterocycles. The van der Waals surface area contributed by atoms with Crippen LogP contribution in [0.15, 0.2) is 0 Å². The van der Waals surface area contributed by atoms with Gasteiger partial charge in [-0.15, -0.1) is 0 Å². The Bertz CT molecular complexity index is 72.1. The summed E-state index contributed by atoms with van der Waals surface area (Å²) in [6, 6.07) is 0. The molecule has 0 radical (unpaired) electrons. The van der Waals surface area contributed by atoms with Crippen LogP contribution in [0.2, 0.25) is 0 Å². The van der Waals surface area contributed by atoms with E-state index in [-0.39, 0.29) is 9.90 Å². The van der Waals surface area contributed by atoms with Gasteiger partial charge >= 0.3 is 52.2 Å². The average Bonchev–Trinajstić information content (AvgIpc) is 2.22. The molecule has 0 amide bonds. The first kappa shape index (κ1) is 7.15. The summed E-state index contributed by atoms with van der Waals surface area (Å²) in [4.78, 5) is 0. The Kier molecular flexibility index (Phi) is 2.46. The third kappa shape index (κ3) is 1.13. The van der Waals surface area contributed by atoms with E-state index in [1.54, 1.807) is 0 Å². The van der Waals surface area contributed by atoms with Crippen LogP contribution >= 0.6 is 9.90 Å². The van der Waals surface area contributed by atoms with Gasteiger partial charge in [-0.25, -0.2) is 0 Å². The molecule has 0 saturated carbocycles. The second-order valence-corrected chi connectivity index (χ2v) is 5.13. The summed E-state index contributed by atoms with van der Waals surface area (Å²) in [5.41, 5.74) is 0. The summed E-state index contributed by atoms with van der Waals surface area (Å²) in [6.45, 7) is 5.48. The van der Waals surface area contributed by atoms with E-state index in [2.05, 4.69) is 6.92 Å². The van der Waals surface area contributed by atoms with Crippen molar-refractivity contribution in [2.45, 2.75) is 0 Å². The minimum absolute atomic E-state index is 0. The van der Waals surface area contributed by atoms with E-state index in [0.717, 1.165) is 0 Å². The van der Waals surface area contributed by atoms with E-state index in [1.807, 2.05) is 0 Å². The van der Waals surface area contributed by atoms with E-state index >= 15 is 0 Å². The van der Waals surface area contributed by atoms with Crippen LogP contribution in [-0.2, 0) is 19.1 Å². The molecule has 2 rings (SSSR count). The SMILES string of the molecule is C1C[N]2CC[N]1[Pt]2.P. The monoisotopic (exact) mass is 313 g/mol. The molecular formula is C4H11N2PPt. The fraction of sp³-hybridized carbons (Fsp3) is 1.00. The Labute approximate surface area is 62.3 Å². The van der Waals surface area contributed by atoms with E-state index in [4.69, 9.17) is 0 Å². The summed E-state index contributed by atoms with van der Waals surface area (Å²) in [7, 11) is 0. The van der Waals surface area contributed by atoms with Gasteiger partial charge in [0.15, 0.2) is 0 Å². The topological polar surface area (TPSA) is 6.48 Å². The first-order chi connectivity index (χ1) is 3.45. The van der Waals surface area contributed by atoms with Crippen LogP contribution < -0.4 is 0 Å². The van der Waals surface area contributed by atoms with Crippen molar-refractivity contribution in [3.8, 4) is 0 Å². The van der Waals surface area contributed by atoms with Gasteiger partial charge < -0.3 is 0 Å². The summed E-state index contributed by atoms with van der Waals surface area (Å²) < 4.78 is 5.19. The molecular weight excluding hydrogens is 302 g/mol. The zero-order valence-corrected chi connectivity index (χ0v) is 8.43. The summed E-state index contributed by atoms with van der Waals surface area (Å²) in [6.07, 6.45) is 0. The van der Waals surface area contributed by atoms with Crippen LogP contribution in [0.3, 0.4) is 0 Å². The van der Waals surface area contributed by atoms with Gasteiger partial charge in [0.25, 0.3) is 0 Å². The van der Waals surface area contributed by atoms with E-state index < -0.39 is 0 Å². The molecule has 1 unspecified atom stereocenters. The van der Waals surface area contributed by atoms with Gasteiger partial charge in [-0.1, -0.05) is 0 Å². The van der Waals surface area contributed by atoms with Crippen molar-refractivity contribution >= 4 is 9.90 Å². The molecule has 4 heteroatoms. The van der Waals surface area contributed by atoms with Gasteiger partial charge in [0.05, 0.1) is 0 Å². The maximum Gasteiger partial charge on any atom is -0.153 e. The minimum atomic E-state index is 0. The maximum absolute atomic E-state index is 2.60. The number of nitrogens with zero attached hydrogens (tertiary/aromatic N) is 2. The molecule has 2 saturated heterocycles. The van der Waals surface area contributed by atoms with Crippen LogP contribution in [0.1, 0.15) is 0 Å². The number of hydrogen-bond acceptors (Lipinski definition) is 2. The van der Waals surface area contributed by atoms with Gasteiger partial charge in [0, 0.05) is 0 Å². The van der Waals surface area contributed by atoms with Crippen LogP contribution in [0.25, 0.3) is 0 Å². The number of fused-ring (bicyclic) bond motifs is 2. The number of rotatable bonds is 0. The fourth-order valence-corrected chi connectivity index (χ4v) is 3.61. The Morgan fingerprint density at radius 1 is 0.875 bits per heavy atom. The molecule has 1 atom stereocenters. The first-order valence-corrected chi connectivity index (χ1v) is 4.58. The second-order valence-electron chi connectivity index (χ2n) is 1.80. The molecule has 0 N–H and O–H groups in total. The van der Waals surface area contributed by atoms with Crippen LogP contribution in [0, 0.1) is 0 Å². The predicted octanol–water partition coefficient (Wildman–Crippen LogP) is -0.412. The second kappa shape index (κ2) is 2.75. The Morgan fingerprint density at radius 2 is 1.25 bits per heavy atom. The largest absolute Gasteiger partial charge is 0.153 e. The van der Waals surface area contributed by atoms with E-state index in [1.165, 1.54) is 26.2 Å². The van der Waals surface area contributed by atoms with E-state index in [0.29, 0.717) is 19.1 Å². The fourth-order valence-electron chi connectivity index (χ4n) is 0.886. The Morgan fingerprint density at radius 3 is 1.38 bits per heavy atom. The van der Waals surface area contributed by atoms with Crippen LogP contribution in [0.4, 0.5) is 0 Å². The quantitative estimate of drug-likeness (QED) is 0.561. The van der Waals surface area contributed by atoms with Gasteiger partial charge in [-0.2, -0.15) is 9.90 Å². The molecule has 2 nitrogen and oxygen atoms in total. The summed E-state index contributed by atoms with van der Waals surface area (Å²) in [5, 5.41) is 0. The Hall–Kier alpha value is 1.04. The molecule has 2 aliphatic heterocycles. The third-order valence-corrected chi connectivity index (χ3v) is 4.61. The average molecular weight is 313 g/mol. The van der Waals surface area contributed by atoms with Crippen LogP contribution in [-0.4, -0.2) is 33.1 Å². The molecule has 2 aliphatic rings. The molecule has 0 aliphatic carbocycles. The number of hydrogen-bond donors (Lipinski definition) is 0. The minimum Gasteiger partial charge on any atom is -0.153 e. The molecule has 0 aromatic rings. The van der Waals surface area contributed by atoms with Gasteiger partial charge in [-0.3, -0.25) is 0 Å². The molecule has 2 fully saturated rings. The molecule has 8 heavy (non-hydrogen) atoms. The third-order valence-electron chi connectivity index (χ3n) is 1.29. The molecule has 0 aromatic carbocycles. The predicted molar refractivity (Wildman–Crippen MR) is 34.3 cm³/mol. The first-order valence-electron chi connectivity index (χ1n) is 2.55. The van der Waals surface area contributed by atoms with Gasteiger partial charge in [-0.05, 0) is 0 Å². The summed E-state index contributed by atoms with van der Waals surface area (Å²) in [5.74, 6) is 0. The molecule has 2 heterocycles. The normalized spacial score (nSPS) is 43.0. The smallest absolute Gasteiger partial charge is 0.153 e. The van der Waals surface area contributed by atoms with Crippen molar-refractivity contribution < 1.29 is 19.1 Å².